The van der Waals surface area contributed by atoms with Crippen LogP contribution in [0.5, 0.6) is 5.75 Å². The predicted octanol–water partition coefficient (Wildman–Crippen LogP) is 3.56. The number of carbonyl (C=O) groups excluding carboxylic acids is 1. The van der Waals surface area contributed by atoms with Gasteiger partial charge in [-0.05, 0) is 30.9 Å². The number of amides is 2. The molecular weight excluding hydrogens is 264 g/mol. The Morgan fingerprint density at radius 1 is 1.29 bits per heavy atom. The highest BCUT2D eigenvalue weighted by molar-refractivity contribution is 5.74. The van der Waals surface area contributed by atoms with Crippen LogP contribution in [-0.2, 0) is 6.42 Å². The fourth-order valence-electron chi connectivity index (χ4n) is 2.87. The van der Waals surface area contributed by atoms with Gasteiger partial charge in [0, 0.05) is 13.1 Å². The lowest BCUT2D eigenvalue weighted by Gasteiger charge is -2.31. The zero-order chi connectivity index (χ0) is 15.1. The fourth-order valence-corrected chi connectivity index (χ4v) is 2.87. The molecule has 1 aromatic carbocycles. The number of urea groups is 1. The standard InChI is InChI=1S/C17H26N2O2/c1-3-14-9-7-8-12-16(14)21-13-18-17(20)19(2)15-10-5-4-6-11-15/h7-9,12,15H,3-6,10-11,13H2,1-2H3,(H,18,20). The van der Waals surface area contributed by atoms with Crippen LogP contribution >= 0.6 is 0 Å². The van der Waals surface area contributed by atoms with E-state index in [4.69, 9.17) is 4.74 Å². The Hall–Kier alpha value is -1.71. The van der Waals surface area contributed by atoms with Gasteiger partial charge >= 0.3 is 6.03 Å². The Bertz CT molecular complexity index is 456. The van der Waals surface area contributed by atoms with Gasteiger partial charge in [0.1, 0.15) is 5.75 Å². The second-order valence-corrected chi connectivity index (χ2v) is 5.63. The van der Waals surface area contributed by atoms with Gasteiger partial charge in [0.15, 0.2) is 6.73 Å². The number of nitrogens with one attached hydrogen (secondary N) is 1. The zero-order valence-corrected chi connectivity index (χ0v) is 13.1. The molecule has 1 aromatic rings. The molecule has 0 atom stereocenters. The Morgan fingerprint density at radius 3 is 2.71 bits per heavy atom. The van der Waals surface area contributed by atoms with E-state index in [9.17, 15) is 4.79 Å². The third kappa shape index (κ3) is 4.38. The largest absolute Gasteiger partial charge is 0.473 e. The number of rotatable bonds is 5. The van der Waals surface area contributed by atoms with Crippen LogP contribution in [0.2, 0.25) is 0 Å². The number of ether oxygens (including phenoxy) is 1. The molecule has 1 saturated carbocycles. The van der Waals surface area contributed by atoms with Gasteiger partial charge in [-0.25, -0.2) is 4.79 Å². The quantitative estimate of drug-likeness (QED) is 0.842. The summed E-state index contributed by atoms with van der Waals surface area (Å²) >= 11 is 0. The monoisotopic (exact) mass is 290 g/mol. The average Bonchev–Trinajstić information content (AvgIpc) is 2.55. The number of hydrogen-bond acceptors (Lipinski definition) is 2. The van der Waals surface area contributed by atoms with Gasteiger partial charge in [-0.3, -0.25) is 0 Å². The molecule has 0 saturated heterocycles. The molecule has 2 rings (SSSR count). The van der Waals surface area contributed by atoms with Crippen LogP contribution in [0.1, 0.15) is 44.6 Å². The van der Waals surface area contributed by atoms with E-state index in [1.54, 1.807) is 0 Å². The van der Waals surface area contributed by atoms with Crippen LogP contribution in [-0.4, -0.2) is 30.8 Å². The smallest absolute Gasteiger partial charge is 0.319 e. The van der Waals surface area contributed by atoms with Crippen LogP contribution in [0.25, 0.3) is 0 Å². The minimum absolute atomic E-state index is 0.0455. The van der Waals surface area contributed by atoms with Crippen molar-refractivity contribution in [1.82, 2.24) is 10.2 Å². The normalized spacial score (nSPS) is 15.5. The Balaban J connectivity index is 1.78. The van der Waals surface area contributed by atoms with Gasteiger partial charge in [-0.2, -0.15) is 0 Å². The summed E-state index contributed by atoms with van der Waals surface area (Å²) < 4.78 is 5.68. The molecule has 0 spiro atoms. The fraction of sp³-hybridized carbons (Fsp3) is 0.588. The molecule has 0 aromatic heterocycles. The summed E-state index contributed by atoms with van der Waals surface area (Å²) in [6.07, 6.45) is 6.90. The van der Waals surface area contributed by atoms with E-state index in [0.29, 0.717) is 6.04 Å². The van der Waals surface area contributed by atoms with Crippen LogP contribution < -0.4 is 10.1 Å². The Kier molecular flexibility index (Phi) is 5.90. The number of hydrogen-bond donors (Lipinski definition) is 1. The first-order valence-electron chi connectivity index (χ1n) is 7.93. The van der Waals surface area contributed by atoms with Crippen molar-refractivity contribution in [3.8, 4) is 5.75 Å². The van der Waals surface area contributed by atoms with Gasteiger partial charge in [0.05, 0.1) is 0 Å². The van der Waals surface area contributed by atoms with E-state index >= 15 is 0 Å². The summed E-state index contributed by atoms with van der Waals surface area (Å²) in [7, 11) is 1.88. The molecule has 21 heavy (non-hydrogen) atoms. The lowest BCUT2D eigenvalue weighted by molar-refractivity contribution is 0.163. The van der Waals surface area contributed by atoms with Crippen molar-refractivity contribution in [2.45, 2.75) is 51.5 Å². The summed E-state index contributed by atoms with van der Waals surface area (Å²) in [5.74, 6) is 0.848. The van der Waals surface area contributed by atoms with Crippen molar-refractivity contribution in [3.05, 3.63) is 29.8 Å². The zero-order valence-electron chi connectivity index (χ0n) is 13.1. The average molecular weight is 290 g/mol. The van der Waals surface area contributed by atoms with Crippen LogP contribution in [0.4, 0.5) is 4.79 Å². The van der Waals surface area contributed by atoms with E-state index in [-0.39, 0.29) is 12.8 Å². The van der Waals surface area contributed by atoms with Gasteiger partial charge in [0.2, 0.25) is 0 Å². The van der Waals surface area contributed by atoms with Crippen molar-refractivity contribution in [1.29, 1.82) is 0 Å². The highest BCUT2D eigenvalue weighted by atomic mass is 16.5. The second kappa shape index (κ2) is 7.91. The van der Waals surface area contributed by atoms with E-state index in [2.05, 4.69) is 12.2 Å². The van der Waals surface area contributed by atoms with Crippen molar-refractivity contribution < 1.29 is 9.53 Å². The summed E-state index contributed by atoms with van der Waals surface area (Å²) in [6.45, 7) is 2.31. The molecule has 116 valence electrons. The highest BCUT2D eigenvalue weighted by Gasteiger charge is 2.21. The molecule has 1 aliphatic rings. The van der Waals surface area contributed by atoms with Crippen LogP contribution in [0.3, 0.4) is 0 Å². The number of benzene rings is 1. The third-order valence-corrected chi connectivity index (χ3v) is 4.25. The first-order valence-corrected chi connectivity index (χ1v) is 7.93. The van der Waals surface area contributed by atoms with Gasteiger partial charge in [0.25, 0.3) is 0 Å². The molecule has 4 nitrogen and oxygen atoms in total. The number of carbonyl (C=O) groups is 1. The summed E-state index contributed by atoms with van der Waals surface area (Å²) in [6, 6.07) is 8.27. The van der Waals surface area contributed by atoms with Crippen LogP contribution in [0.15, 0.2) is 24.3 Å². The molecule has 1 N–H and O–H groups in total. The predicted molar refractivity (Wildman–Crippen MR) is 84.5 cm³/mol. The molecule has 1 aliphatic carbocycles. The van der Waals surface area contributed by atoms with E-state index < -0.39 is 0 Å². The van der Waals surface area contributed by atoms with Crippen LogP contribution in [0, 0.1) is 0 Å². The number of aryl methyl sites for hydroxylation is 1. The highest BCUT2D eigenvalue weighted by Crippen LogP contribution is 2.21. The molecule has 0 bridgehead atoms. The number of nitrogens with zero attached hydrogens (tertiary/aromatic N) is 1. The van der Waals surface area contributed by atoms with E-state index in [1.165, 1.54) is 19.3 Å². The summed E-state index contributed by atoms with van der Waals surface area (Å²) in [5.41, 5.74) is 1.16. The van der Waals surface area contributed by atoms with Crippen molar-refractivity contribution in [2.75, 3.05) is 13.8 Å². The lowest BCUT2D eigenvalue weighted by atomic mass is 9.95. The first kappa shape index (κ1) is 15.7. The summed E-state index contributed by atoms with van der Waals surface area (Å²) in [4.78, 5) is 13.9. The van der Waals surface area contributed by atoms with E-state index in [0.717, 1.165) is 30.6 Å². The Morgan fingerprint density at radius 2 is 2.00 bits per heavy atom. The molecule has 0 unspecified atom stereocenters. The summed E-state index contributed by atoms with van der Waals surface area (Å²) in [5, 5.41) is 2.84. The minimum Gasteiger partial charge on any atom is -0.473 e. The Labute approximate surface area is 127 Å². The van der Waals surface area contributed by atoms with Gasteiger partial charge in [-0.15, -0.1) is 0 Å². The van der Waals surface area contributed by atoms with Crippen molar-refractivity contribution >= 4 is 6.03 Å². The molecular formula is C17H26N2O2. The molecule has 2 amide bonds. The molecule has 0 aliphatic heterocycles. The third-order valence-electron chi connectivity index (χ3n) is 4.25. The van der Waals surface area contributed by atoms with Crippen molar-refractivity contribution in [3.63, 3.8) is 0 Å². The topological polar surface area (TPSA) is 41.6 Å². The maximum atomic E-state index is 12.1. The van der Waals surface area contributed by atoms with Crippen molar-refractivity contribution in [2.24, 2.45) is 0 Å². The molecule has 0 heterocycles. The lowest BCUT2D eigenvalue weighted by Crippen LogP contribution is -2.45. The second-order valence-electron chi connectivity index (χ2n) is 5.63. The number of para-hydroxylation sites is 1. The maximum absolute atomic E-state index is 12.1. The minimum atomic E-state index is -0.0455. The first-order chi connectivity index (χ1) is 10.2. The maximum Gasteiger partial charge on any atom is 0.319 e. The van der Waals surface area contributed by atoms with E-state index in [1.807, 2.05) is 36.2 Å². The SMILES string of the molecule is CCc1ccccc1OCNC(=O)N(C)C1CCCCC1. The molecule has 4 heteroatoms. The van der Waals surface area contributed by atoms with Gasteiger partial charge < -0.3 is 15.0 Å². The molecule has 0 radical (unpaired) electrons. The molecule has 1 fully saturated rings. The van der Waals surface area contributed by atoms with Gasteiger partial charge in [-0.1, -0.05) is 44.4 Å².